The van der Waals surface area contributed by atoms with Gasteiger partial charge in [-0.2, -0.15) is 0 Å². The van der Waals surface area contributed by atoms with Crippen molar-refractivity contribution in [3.63, 3.8) is 0 Å². The number of hydrogen-bond acceptors (Lipinski definition) is 5. The van der Waals surface area contributed by atoms with Crippen LogP contribution in [0.3, 0.4) is 0 Å². The molecule has 1 aromatic carbocycles. The van der Waals surface area contributed by atoms with Gasteiger partial charge in [0.15, 0.2) is 0 Å². The fourth-order valence-electron chi connectivity index (χ4n) is 2.89. The second kappa shape index (κ2) is 5.97. The number of aromatic nitrogens is 2. The zero-order valence-electron chi connectivity index (χ0n) is 12.3. The molecule has 0 saturated carbocycles. The molecule has 1 aromatic heterocycles. The number of nitrogens with one attached hydrogen (secondary N) is 1. The Morgan fingerprint density at radius 3 is 2.73 bits per heavy atom. The summed E-state index contributed by atoms with van der Waals surface area (Å²) in [4.78, 5) is 7.88. The van der Waals surface area contributed by atoms with Crippen molar-refractivity contribution in [3.05, 3.63) is 52.9 Å². The molecule has 3 rings (SSSR count). The average molecular weight is 293 g/mol. The Bertz CT molecular complexity index is 728. The molecule has 1 aliphatic rings. The maximum atomic E-state index is 8.36. The topological polar surface area (TPSA) is 102 Å². The van der Waals surface area contributed by atoms with E-state index in [4.69, 9.17) is 16.9 Å². The van der Waals surface area contributed by atoms with Gasteiger partial charge in [-0.1, -0.05) is 30.4 Å². The summed E-state index contributed by atoms with van der Waals surface area (Å²) in [6.07, 6.45) is 9.44. The first-order valence-electron chi connectivity index (χ1n) is 7.38. The van der Waals surface area contributed by atoms with Crippen molar-refractivity contribution in [2.45, 2.75) is 25.7 Å². The number of nitrogen functional groups attached to an aromatic ring is 2. The maximum Gasteiger partial charge on any atom is 0.138 e. The Labute approximate surface area is 129 Å². The zero-order valence-corrected chi connectivity index (χ0v) is 12.3. The van der Waals surface area contributed by atoms with Crippen LogP contribution in [-0.2, 0) is 12.8 Å². The minimum absolute atomic E-state index is 0.263. The van der Waals surface area contributed by atoms with Crippen LogP contribution in [0.5, 0.6) is 0 Å². The van der Waals surface area contributed by atoms with Gasteiger partial charge in [0.05, 0.1) is 11.3 Å². The highest BCUT2D eigenvalue weighted by atomic mass is 15.0. The van der Waals surface area contributed by atoms with Crippen LogP contribution < -0.4 is 11.5 Å². The molecule has 5 heteroatoms. The molecule has 0 atom stereocenters. The molecule has 0 unspecified atom stereocenters. The van der Waals surface area contributed by atoms with Crippen LogP contribution in [0.4, 0.5) is 11.6 Å². The smallest absolute Gasteiger partial charge is 0.138 e. The fourth-order valence-corrected chi connectivity index (χ4v) is 2.89. The first kappa shape index (κ1) is 14.3. The minimum atomic E-state index is 0.263. The predicted molar refractivity (Wildman–Crippen MR) is 89.8 cm³/mol. The number of hydrogen-bond donors (Lipinski definition) is 3. The monoisotopic (exact) mass is 293 g/mol. The third-order valence-corrected chi connectivity index (χ3v) is 3.98. The fraction of sp³-hybridized carbons (Fsp3) is 0.235. The molecule has 0 saturated heterocycles. The SMILES string of the molecule is N=C(Cc1cccc2c1CCCC=C2)c1c(N)ncnc1N. The van der Waals surface area contributed by atoms with Gasteiger partial charge in [0.25, 0.3) is 0 Å². The lowest BCUT2D eigenvalue weighted by atomic mass is 9.93. The maximum absolute atomic E-state index is 8.36. The number of rotatable bonds is 3. The van der Waals surface area contributed by atoms with Gasteiger partial charge in [0.2, 0.25) is 0 Å². The summed E-state index contributed by atoms with van der Waals surface area (Å²) in [5.41, 5.74) is 16.2. The number of nitrogens with zero attached hydrogens (tertiary/aromatic N) is 2. The molecule has 0 radical (unpaired) electrons. The van der Waals surface area contributed by atoms with E-state index in [9.17, 15) is 0 Å². The lowest BCUT2D eigenvalue weighted by Crippen LogP contribution is -2.14. The van der Waals surface area contributed by atoms with E-state index in [1.54, 1.807) is 0 Å². The van der Waals surface area contributed by atoms with Crippen molar-refractivity contribution in [3.8, 4) is 0 Å². The summed E-state index contributed by atoms with van der Waals surface area (Å²) in [5.74, 6) is 0.527. The van der Waals surface area contributed by atoms with Gasteiger partial charge in [-0.25, -0.2) is 9.97 Å². The number of allylic oxidation sites excluding steroid dienone is 1. The Morgan fingerprint density at radius 1 is 1.18 bits per heavy atom. The van der Waals surface area contributed by atoms with E-state index >= 15 is 0 Å². The summed E-state index contributed by atoms with van der Waals surface area (Å²) < 4.78 is 0. The molecule has 112 valence electrons. The second-order valence-corrected chi connectivity index (χ2v) is 5.45. The third-order valence-electron chi connectivity index (χ3n) is 3.98. The van der Waals surface area contributed by atoms with Crippen molar-refractivity contribution < 1.29 is 0 Å². The highest BCUT2D eigenvalue weighted by Gasteiger charge is 2.16. The van der Waals surface area contributed by atoms with E-state index < -0.39 is 0 Å². The van der Waals surface area contributed by atoms with Crippen molar-refractivity contribution in [2.24, 2.45) is 0 Å². The molecule has 22 heavy (non-hydrogen) atoms. The van der Waals surface area contributed by atoms with Crippen molar-refractivity contribution in [2.75, 3.05) is 11.5 Å². The lowest BCUT2D eigenvalue weighted by Gasteiger charge is -2.13. The number of fused-ring (bicyclic) bond motifs is 1. The first-order valence-corrected chi connectivity index (χ1v) is 7.38. The molecule has 5 nitrogen and oxygen atoms in total. The number of nitrogens with two attached hydrogens (primary N) is 2. The Kier molecular flexibility index (Phi) is 3.87. The van der Waals surface area contributed by atoms with Crippen molar-refractivity contribution in [1.82, 2.24) is 9.97 Å². The van der Waals surface area contributed by atoms with Gasteiger partial charge in [0, 0.05) is 6.42 Å². The van der Waals surface area contributed by atoms with Crippen LogP contribution in [0.15, 0.2) is 30.6 Å². The summed E-state index contributed by atoms with van der Waals surface area (Å²) >= 11 is 0. The first-order chi connectivity index (χ1) is 10.7. The Balaban J connectivity index is 1.94. The molecule has 1 heterocycles. The average Bonchev–Trinajstić information content (AvgIpc) is 2.73. The standard InChI is InChI=1S/C17H19N5/c18-14(15-16(19)21-10-22-17(15)20)9-12-7-4-6-11-5-2-1-3-8-13(11)12/h2,4-7,10,18H,1,3,8-9H2,(H4,19,20,21,22). The highest BCUT2D eigenvalue weighted by Crippen LogP contribution is 2.25. The largest absolute Gasteiger partial charge is 0.383 e. The molecular formula is C17H19N5. The molecule has 0 fully saturated rings. The lowest BCUT2D eigenvalue weighted by molar-refractivity contribution is 0.844. The molecular weight excluding hydrogens is 274 g/mol. The van der Waals surface area contributed by atoms with E-state index in [0.717, 1.165) is 24.8 Å². The van der Waals surface area contributed by atoms with E-state index in [0.29, 0.717) is 17.7 Å². The number of anilines is 2. The number of benzene rings is 1. The van der Waals surface area contributed by atoms with Gasteiger partial charge in [0.1, 0.15) is 18.0 Å². The van der Waals surface area contributed by atoms with Gasteiger partial charge >= 0.3 is 0 Å². The quantitative estimate of drug-likeness (QED) is 0.757. The second-order valence-electron chi connectivity index (χ2n) is 5.45. The zero-order chi connectivity index (χ0) is 15.5. The molecule has 2 aromatic rings. The van der Waals surface area contributed by atoms with Gasteiger partial charge in [-0.15, -0.1) is 0 Å². The van der Waals surface area contributed by atoms with Crippen LogP contribution in [0, 0.1) is 5.41 Å². The van der Waals surface area contributed by atoms with Crippen LogP contribution in [-0.4, -0.2) is 15.7 Å². The van der Waals surface area contributed by atoms with E-state index in [1.165, 1.54) is 17.5 Å². The van der Waals surface area contributed by atoms with Gasteiger partial charge in [-0.3, -0.25) is 0 Å². The van der Waals surface area contributed by atoms with E-state index in [2.05, 4.69) is 34.3 Å². The van der Waals surface area contributed by atoms with Crippen LogP contribution in [0.2, 0.25) is 0 Å². The molecule has 1 aliphatic carbocycles. The summed E-state index contributed by atoms with van der Waals surface area (Å²) in [6, 6.07) is 6.23. The predicted octanol–water partition coefficient (Wildman–Crippen LogP) is 2.60. The Hall–Kier alpha value is -2.69. The molecule has 0 amide bonds. The van der Waals surface area contributed by atoms with E-state index in [-0.39, 0.29) is 11.6 Å². The highest BCUT2D eigenvalue weighted by molar-refractivity contribution is 6.06. The third kappa shape index (κ3) is 2.70. The van der Waals surface area contributed by atoms with Gasteiger partial charge < -0.3 is 16.9 Å². The minimum Gasteiger partial charge on any atom is -0.383 e. The van der Waals surface area contributed by atoms with Gasteiger partial charge in [-0.05, 0) is 36.0 Å². The molecule has 0 spiro atoms. The normalized spacial score (nSPS) is 13.5. The van der Waals surface area contributed by atoms with Crippen molar-refractivity contribution in [1.29, 1.82) is 5.41 Å². The molecule has 5 N–H and O–H groups in total. The van der Waals surface area contributed by atoms with Crippen molar-refractivity contribution >= 4 is 23.4 Å². The Morgan fingerprint density at radius 2 is 1.95 bits per heavy atom. The molecule has 0 bridgehead atoms. The molecule has 0 aliphatic heterocycles. The van der Waals surface area contributed by atoms with Crippen LogP contribution >= 0.6 is 0 Å². The van der Waals surface area contributed by atoms with Crippen LogP contribution in [0.25, 0.3) is 6.08 Å². The summed E-state index contributed by atoms with van der Waals surface area (Å²) in [6.45, 7) is 0. The summed E-state index contributed by atoms with van der Waals surface area (Å²) in [7, 11) is 0. The summed E-state index contributed by atoms with van der Waals surface area (Å²) in [5, 5.41) is 8.36. The van der Waals surface area contributed by atoms with E-state index in [1.807, 2.05) is 6.07 Å². The van der Waals surface area contributed by atoms with Crippen LogP contribution in [0.1, 0.15) is 35.1 Å².